The van der Waals surface area contributed by atoms with E-state index in [4.69, 9.17) is 10.5 Å². The van der Waals surface area contributed by atoms with E-state index in [1.165, 1.54) is 0 Å². The first-order valence-electron chi connectivity index (χ1n) is 5.22. The summed E-state index contributed by atoms with van der Waals surface area (Å²) < 4.78 is 5.22. The average molecular weight is 188 g/mol. The van der Waals surface area contributed by atoms with Crippen LogP contribution >= 0.6 is 0 Å². The van der Waals surface area contributed by atoms with Gasteiger partial charge in [-0.1, -0.05) is 13.8 Å². The van der Waals surface area contributed by atoms with Crippen LogP contribution in [0.3, 0.4) is 0 Å². The molecule has 3 heteroatoms. The Morgan fingerprint density at radius 1 is 1.38 bits per heavy atom. The van der Waals surface area contributed by atoms with Crippen LogP contribution in [0, 0.1) is 5.92 Å². The van der Waals surface area contributed by atoms with Gasteiger partial charge in [0.25, 0.3) is 0 Å². The van der Waals surface area contributed by atoms with E-state index in [0.717, 1.165) is 32.7 Å². The molecule has 0 aromatic carbocycles. The molecule has 0 radical (unpaired) electrons. The second kappa shape index (κ2) is 8.48. The summed E-state index contributed by atoms with van der Waals surface area (Å²) in [5.74, 6) is 0.555. The molecule has 0 amide bonds. The molecular formula is C10H24N2O. The minimum atomic E-state index is 0.270. The number of nitrogens with two attached hydrogens (primary N) is 1. The van der Waals surface area contributed by atoms with E-state index >= 15 is 0 Å². The lowest BCUT2D eigenvalue weighted by Gasteiger charge is -2.15. The molecule has 0 saturated carbocycles. The Morgan fingerprint density at radius 3 is 2.62 bits per heavy atom. The Morgan fingerprint density at radius 2 is 2.08 bits per heavy atom. The molecule has 0 aliphatic rings. The van der Waals surface area contributed by atoms with Crippen molar-refractivity contribution in [2.24, 2.45) is 11.7 Å². The molecule has 0 fully saturated rings. The lowest BCUT2D eigenvalue weighted by Crippen LogP contribution is -2.38. The molecular weight excluding hydrogens is 164 g/mol. The van der Waals surface area contributed by atoms with Crippen molar-refractivity contribution in [1.82, 2.24) is 5.32 Å². The standard InChI is InChI=1S/C10H24N2O/c1-4-13-7-5-6-12-8-10(11)9(2)3/h9-10,12H,4-8,11H2,1-3H3. The summed E-state index contributed by atoms with van der Waals surface area (Å²) in [5.41, 5.74) is 5.86. The van der Waals surface area contributed by atoms with Crippen LogP contribution in [0.4, 0.5) is 0 Å². The van der Waals surface area contributed by atoms with Crippen molar-refractivity contribution >= 4 is 0 Å². The van der Waals surface area contributed by atoms with Gasteiger partial charge in [-0.2, -0.15) is 0 Å². The van der Waals surface area contributed by atoms with Crippen LogP contribution in [0.5, 0.6) is 0 Å². The van der Waals surface area contributed by atoms with Gasteiger partial charge in [0.2, 0.25) is 0 Å². The summed E-state index contributed by atoms with van der Waals surface area (Å²) in [6.07, 6.45) is 1.07. The van der Waals surface area contributed by atoms with Crippen molar-refractivity contribution in [1.29, 1.82) is 0 Å². The van der Waals surface area contributed by atoms with Gasteiger partial charge in [-0.15, -0.1) is 0 Å². The molecule has 0 aliphatic carbocycles. The Hall–Kier alpha value is -0.120. The van der Waals surface area contributed by atoms with E-state index in [9.17, 15) is 0 Å². The molecule has 0 aromatic rings. The van der Waals surface area contributed by atoms with Crippen LogP contribution in [0.25, 0.3) is 0 Å². The van der Waals surface area contributed by atoms with Crippen LogP contribution in [-0.4, -0.2) is 32.3 Å². The Labute approximate surface area is 82.0 Å². The molecule has 0 aromatic heterocycles. The van der Waals surface area contributed by atoms with Crippen LogP contribution in [0.15, 0.2) is 0 Å². The fraction of sp³-hybridized carbons (Fsp3) is 1.00. The molecule has 0 heterocycles. The lowest BCUT2D eigenvalue weighted by molar-refractivity contribution is 0.144. The summed E-state index contributed by atoms with van der Waals surface area (Å²) in [7, 11) is 0. The number of ether oxygens (including phenoxy) is 1. The van der Waals surface area contributed by atoms with Crippen LogP contribution < -0.4 is 11.1 Å². The fourth-order valence-electron chi connectivity index (χ4n) is 0.948. The van der Waals surface area contributed by atoms with Crippen molar-refractivity contribution in [2.45, 2.75) is 33.2 Å². The van der Waals surface area contributed by atoms with Crippen LogP contribution in [0.1, 0.15) is 27.2 Å². The summed E-state index contributed by atoms with van der Waals surface area (Å²) >= 11 is 0. The number of rotatable bonds is 8. The van der Waals surface area contributed by atoms with E-state index < -0.39 is 0 Å². The summed E-state index contributed by atoms with van der Waals surface area (Å²) in [6.45, 7) is 9.87. The summed E-state index contributed by atoms with van der Waals surface area (Å²) in [6, 6.07) is 0.270. The number of hydrogen-bond acceptors (Lipinski definition) is 3. The van der Waals surface area contributed by atoms with Gasteiger partial charge in [-0.3, -0.25) is 0 Å². The molecule has 0 rings (SSSR count). The molecule has 0 saturated heterocycles. The topological polar surface area (TPSA) is 47.3 Å². The maximum atomic E-state index is 5.86. The van der Waals surface area contributed by atoms with E-state index in [1.807, 2.05) is 6.92 Å². The highest BCUT2D eigenvalue weighted by atomic mass is 16.5. The monoisotopic (exact) mass is 188 g/mol. The van der Waals surface area contributed by atoms with Crippen LogP contribution in [-0.2, 0) is 4.74 Å². The van der Waals surface area contributed by atoms with Gasteiger partial charge < -0.3 is 15.8 Å². The average Bonchev–Trinajstić information content (AvgIpc) is 2.10. The first-order valence-corrected chi connectivity index (χ1v) is 5.22. The van der Waals surface area contributed by atoms with Crippen molar-refractivity contribution < 1.29 is 4.74 Å². The Kier molecular flexibility index (Phi) is 8.40. The zero-order valence-corrected chi connectivity index (χ0v) is 9.18. The predicted octanol–water partition coefficient (Wildman–Crippen LogP) is 0.986. The Bertz CT molecular complexity index is 107. The fourth-order valence-corrected chi connectivity index (χ4v) is 0.948. The molecule has 0 aliphatic heterocycles. The highest BCUT2D eigenvalue weighted by Gasteiger charge is 2.05. The van der Waals surface area contributed by atoms with Gasteiger partial charge in [0.15, 0.2) is 0 Å². The van der Waals surface area contributed by atoms with E-state index in [-0.39, 0.29) is 6.04 Å². The maximum Gasteiger partial charge on any atom is 0.0477 e. The quantitative estimate of drug-likeness (QED) is 0.558. The van der Waals surface area contributed by atoms with Gasteiger partial charge >= 0.3 is 0 Å². The maximum absolute atomic E-state index is 5.86. The van der Waals surface area contributed by atoms with Gasteiger partial charge in [0.1, 0.15) is 0 Å². The molecule has 13 heavy (non-hydrogen) atoms. The minimum absolute atomic E-state index is 0.270. The van der Waals surface area contributed by atoms with Crippen molar-refractivity contribution in [2.75, 3.05) is 26.3 Å². The third kappa shape index (κ3) is 8.22. The van der Waals surface area contributed by atoms with Crippen molar-refractivity contribution in [3.05, 3.63) is 0 Å². The first-order chi connectivity index (χ1) is 6.18. The summed E-state index contributed by atoms with van der Waals surface area (Å²) in [4.78, 5) is 0. The van der Waals surface area contributed by atoms with Gasteiger partial charge in [-0.25, -0.2) is 0 Å². The highest BCUT2D eigenvalue weighted by molar-refractivity contribution is 4.67. The third-order valence-corrected chi connectivity index (χ3v) is 2.08. The molecule has 3 nitrogen and oxygen atoms in total. The zero-order valence-electron chi connectivity index (χ0n) is 9.18. The number of nitrogens with one attached hydrogen (secondary N) is 1. The highest BCUT2D eigenvalue weighted by Crippen LogP contribution is 1.95. The minimum Gasteiger partial charge on any atom is -0.382 e. The van der Waals surface area contributed by atoms with E-state index in [0.29, 0.717) is 5.92 Å². The lowest BCUT2D eigenvalue weighted by atomic mass is 10.1. The second-order valence-corrected chi connectivity index (χ2v) is 3.66. The number of hydrogen-bond donors (Lipinski definition) is 2. The van der Waals surface area contributed by atoms with Gasteiger partial charge in [-0.05, 0) is 25.8 Å². The van der Waals surface area contributed by atoms with Crippen molar-refractivity contribution in [3.63, 3.8) is 0 Å². The molecule has 1 unspecified atom stereocenters. The zero-order chi connectivity index (χ0) is 10.1. The van der Waals surface area contributed by atoms with Crippen molar-refractivity contribution in [3.8, 4) is 0 Å². The van der Waals surface area contributed by atoms with Gasteiger partial charge in [0, 0.05) is 25.8 Å². The molecule has 3 N–H and O–H groups in total. The largest absolute Gasteiger partial charge is 0.382 e. The second-order valence-electron chi connectivity index (χ2n) is 3.66. The normalized spacial score (nSPS) is 13.6. The first kappa shape index (κ1) is 12.9. The molecule has 1 atom stereocenters. The third-order valence-electron chi connectivity index (χ3n) is 2.08. The summed E-state index contributed by atoms with van der Waals surface area (Å²) in [5, 5.41) is 3.32. The van der Waals surface area contributed by atoms with Gasteiger partial charge in [0.05, 0.1) is 0 Å². The molecule has 80 valence electrons. The Balaban J connectivity index is 3.07. The smallest absolute Gasteiger partial charge is 0.0477 e. The molecule has 0 bridgehead atoms. The SMILES string of the molecule is CCOCCCNCC(N)C(C)C. The van der Waals surface area contributed by atoms with E-state index in [1.54, 1.807) is 0 Å². The molecule has 0 spiro atoms. The van der Waals surface area contributed by atoms with E-state index in [2.05, 4.69) is 19.2 Å². The predicted molar refractivity (Wildman–Crippen MR) is 56.8 cm³/mol. The van der Waals surface area contributed by atoms with Crippen LogP contribution in [0.2, 0.25) is 0 Å².